The molecule has 1 rings (SSSR count). The zero-order valence-corrected chi connectivity index (χ0v) is 4.26. The Balaban J connectivity index is 2.67. The normalized spacial score (nSPS) is 16.1. The molecule has 0 aromatic heterocycles. The number of nitrogens with one attached hydrogen (secondary N) is 1. The van der Waals surface area contributed by atoms with E-state index in [1.807, 2.05) is 6.07 Å². The lowest BCUT2D eigenvalue weighted by molar-refractivity contribution is 0.806. The molecule has 0 aromatic carbocycles. The van der Waals surface area contributed by atoms with E-state index >= 15 is 0 Å². The standard InChI is InChI=1S/C5H5N3/c6-3-5-1-2-7-8-4-5/h1-2,8H,4H2. The van der Waals surface area contributed by atoms with Gasteiger partial charge in [0.2, 0.25) is 0 Å². The van der Waals surface area contributed by atoms with Gasteiger partial charge in [-0.25, -0.2) is 0 Å². The molecule has 1 aliphatic heterocycles. The van der Waals surface area contributed by atoms with Crippen molar-refractivity contribution in [1.29, 1.82) is 5.26 Å². The van der Waals surface area contributed by atoms with Crippen molar-refractivity contribution in [2.75, 3.05) is 6.54 Å². The van der Waals surface area contributed by atoms with Crippen molar-refractivity contribution in [3.05, 3.63) is 11.6 Å². The third kappa shape index (κ3) is 0.850. The molecular formula is C5H5N3. The molecule has 1 N–H and O–H groups in total. The molecule has 0 aliphatic carbocycles. The summed E-state index contributed by atoms with van der Waals surface area (Å²) in [4.78, 5) is 0. The second kappa shape index (κ2) is 2.12. The molecule has 0 spiro atoms. The second-order valence-corrected chi connectivity index (χ2v) is 1.42. The molecule has 0 unspecified atom stereocenters. The highest BCUT2D eigenvalue weighted by atomic mass is 15.3. The van der Waals surface area contributed by atoms with Gasteiger partial charge in [0.05, 0.1) is 18.2 Å². The lowest BCUT2D eigenvalue weighted by Gasteiger charge is -1.99. The molecule has 0 atom stereocenters. The van der Waals surface area contributed by atoms with Crippen molar-refractivity contribution in [2.24, 2.45) is 5.10 Å². The Bertz CT molecular complexity index is 173. The molecule has 0 amide bonds. The predicted octanol–water partition coefficient (Wildman–Crippen LogP) is 0.0254. The molecule has 1 heterocycles. The van der Waals surface area contributed by atoms with Crippen LogP contribution in [0.5, 0.6) is 0 Å². The molecule has 0 bridgehead atoms. The average molecular weight is 107 g/mol. The van der Waals surface area contributed by atoms with Crippen molar-refractivity contribution in [3.63, 3.8) is 0 Å². The minimum Gasteiger partial charge on any atom is -0.305 e. The van der Waals surface area contributed by atoms with Crippen LogP contribution in [0.4, 0.5) is 0 Å². The van der Waals surface area contributed by atoms with E-state index in [-0.39, 0.29) is 0 Å². The highest BCUT2D eigenvalue weighted by Gasteiger charge is 1.93. The summed E-state index contributed by atoms with van der Waals surface area (Å²) in [7, 11) is 0. The number of nitrogens with zero attached hydrogens (tertiary/aromatic N) is 2. The summed E-state index contributed by atoms with van der Waals surface area (Å²) in [5, 5.41) is 11.9. The zero-order chi connectivity index (χ0) is 5.82. The Labute approximate surface area is 47.3 Å². The maximum absolute atomic E-state index is 8.27. The van der Waals surface area contributed by atoms with Gasteiger partial charge in [-0.1, -0.05) is 0 Å². The minimum atomic E-state index is 0.562. The van der Waals surface area contributed by atoms with Crippen LogP contribution >= 0.6 is 0 Å². The number of hydrogen-bond acceptors (Lipinski definition) is 3. The maximum Gasteiger partial charge on any atom is 0.0967 e. The average Bonchev–Trinajstić information content (AvgIpc) is 1.90. The molecule has 0 saturated carbocycles. The molecule has 40 valence electrons. The van der Waals surface area contributed by atoms with Crippen LogP contribution in [0.1, 0.15) is 0 Å². The van der Waals surface area contributed by atoms with Crippen LogP contribution in [0.15, 0.2) is 16.8 Å². The Hall–Kier alpha value is -1.30. The van der Waals surface area contributed by atoms with E-state index in [0.717, 1.165) is 5.57 Å². The third-order valence-corrected chi connectivity index (χ3v) is 0.855. The van der Waals surface area contributed by atoms with Crippen molar-refractivity contribution in [1.82, 2.24) is 5.43 Å². The number of allylic oxidation sites excluding steroid dienone is 1. The maximum atomic E-state index is 8.27. The van der Waals surface area contributed by atoms with Crippen LogP contribution in [0.2, 0.25) is 0 Å². The smallest absolute Gasteiger partial charge is 0.0967 e. The van der Waals surface area contributed by atoms with Gasteiger partial charge >= 0.3 is 0 Å². The second-order valence-electron chi connectivity index (χ2n) is 1.42. The first kappa shape index (κ1) is 4.85. The highest BCUT2D eigenvalue weighted by Crippen LogP contribution is 1.90. The molecule has 0 aromatic rings. The van der Waals surface area contributed by atoms with Gasteiger partial charge < -0.3 is 5.43 Å². The topological polar surface area (TPSA) is 48.2 Å². The van der Waals surface area contributed by atoms with Gasteiger partial charge in [0.1, 0.15) is 0 Å². The summed E-state index contributed by atoms with van der Waals surface area (Å²) in [5.41, 5.74) is 3.39. The van der Waals surface area contributed by atoms with E-state index in [1.165, 1.54) is 0 Å². The van der Waals surface area contributed by atoms with E-state index in [4.69, 9.17) is 5.26 Å². The number of nitriles is 1. The zero-order valence-electron chi connectivity index (χ0n) is 4.26. The van der Waals surface area contributed by atoms with Crippen LogP contribution in [-0.4, -0.2) is 12.8 Å². The molecule has 0 fully saturated rings. The van der Waals surface area contributed by atoms with Crippen molar-refractivity contribution in [2.45, 2.75) is 0 Å². The van der Waals surface area contributed by atoms with E-state index in [2.05, 4.69) is 10.5 Å². The van der Waals surface area contributed by atoms with Crippen molar-refractivity contribution in [3.8, 4) is 6.07 Å². The fraction of sp³-hybridized carbons (Fsp3) is 0.200. The molecule has 0 radical (unpaired) electrons. The fourth-order valence-electron chi connectivity index (χ4n) is 0.446. The van der Waals surface area contributed by atoms with Crippen LogP contribution in [0.25, 0.3) is 0 Å². The number of rotatable bonds is 0. The molecule has 0 saturated heterocycles. The lowest BCUT2D eigenvalue weighted by atomic mass is 10.3. The van der Waals surface area contributed by atoms with Gasteiger partial charge in [-0.05, 0) is 6.08 Å². The first-order valence-corrected chi connectivity index (χ1v) is 2.28. The van der Waals surface area contributed by atoms with Crippen LogP contribution in [-0.2, 0) is 0 Å². The summed E-state index contributed by atoms with van der Waals surface area (Å²) in [6.45, 7) is 0.562. The molecule has 1 aliphatic rings. The molecule has 3 nitrogen and oxygen atoms in total. The van der Waals surface area contributed by atoms with Crippen LogP contribution < -0.4 is 5.43 Å². The number of hydrazone groups is 1. The molecular weight excluding hydrogens is 102 g/mol. The summed E-state index contributed by atoms with van der Waals surface area (Å²) in [5.74, 6) is 0. The van der Waals surface area contributed by atoms with Crippen LogP contribution in [0, 0.1) is 11.3 Å². The van der Waals surface area contributed by atoms with Crippen LogP contribution in [0.3, 0.4) is 0 Å². The SMILES string of the molecule is N#CC1=CC=NNC1. The summed E-state index contributed by atoms with van der Waals surface area (Å²) in [6, 6.07) is 2.01. The van der Waals surface area contributed by atoms with Gasteiger partial charge in [0.15, 0.2) is 0 Å². The Morgan fingerprint density at radius 3 is 3.12 bits per heavy atom. The van der Waals surface area contributed by atoms with Gasteiger partial charge in [-0.15, -0.1) is 0 Å². The van der Waals surface area contributed by atoms with E-state index in [0.29, 0.717) is 6.54 Å². The minimum absolute atomic E-state index is 0.562. The highest BCUT2D eigenvalue weighted by molar-refractivity contribution is 5.74. The van der Waals surface area contributed by atoms with Gasteiger partial charge in [-0.3, -0.25) is 0 Å². The van der Waals surface area contributed by atoms with Gasteiger partial charge in [-0.2, -0.15) is 10.4 Å². The largest absolute Gasteiger partial charge is 0.305 e. The van der Waals surface area contributed by atoms with Crippen molar-refractivity contribution >= 4 is 6.21 Å². The monoisotopic (exact) mass is 107 g/mol. The van der Waals surface area contributed by atoms with Crippen molar-refractivity contribution < 1.29 is 0 Å². The summed E-state index contributed by atoms with van der Waals surface area (Å²) >= 11 is 0. The first-order chi connectivity index (χ1) is 3.93. The lowest BCUT2D eigenvalue weighted by Crippen LogP contribution is -2.12. The Morgan fingerprint density at radius 2 is 2.75 bits per heavy atom. The van der Waals surface area contributed by atoms with Gasteiger partial charge in [0.25, 0.3) is 0 Å². The molecule has 8 heavy (non-hydrogen) atoms. The van der Waals surface area contributed by atoms with E-state index in [9.17, 15) is 0 Å². The van der Waals surface area contributed by atoms with E-state index in [1.54, 1.807) is 12.3 Å². The number of hydrogen-bond donors (Lipinski definition) is 1. The molecule has 3 heteroatoms. The Morgan fingerprint density at radius 1 is 1.88 bits per heavy atom. The predicted molar refractivity (Wildman–Crippen MR) is 30.2 cm³/mol. The summed E-state index contributed by atoms with van der Waals surface area (Å²) < 4.78 is 0. The quantitative estimate of drug-likeness (QED) is 0.474. The summed E-state index contributed by atoms with van der Waals surface area (Å²) in [6.07, 6.45) is 3.26. The Kier molecular flexibility index (Phi) is 1.29. The van der Waals surface area contributed by atoms with E-state index < -0.39 is 0 Å². The fourth-order valence-corrected chi connectivity index (χ4v) is 0.446. The van der Waals surface area contributed by atoms with Gasteiger partial charge in [0, 0.05) is 6.21 Å². The first-order valence-electron chi connectivity index (χ1n) is 2.28. The third-order valence-electron chi connectivity index (χ3n) is 0.855.